The van der Waals surface area contributed by atoms with Crippen molar-refractivity contribution < 1.29 is 4.79 Å². The third kappa shape index (κ3) is 3.77. The van der Waals surface area contributed by atoms with E-state index in [0.717, 1.165) is 66.8 Å². The van der Waals surface area contributed by atoms with E-state index < -0.39 is 0 Å². The molecule has 2 unspecified atom stereocenters. The Kier molecular flexibility index (Phi) is 5.37. The molecule has 0 spiro atoms. The Hall–Kier alpha value is -2.76. The summed E-state index contributed by atoms with van der Waals surface area (Å²) in [6.07, 6.45) is 9.61. The first-order chi connectivity index (χ1) is 13.7. The van der Waals surface area contributed by atoms with Crippen LogP contribution in [-0.2, 0) is 11.2 Å². The maximum Gasteiger partial charge on any atom is 0.207 e. The maximum atomic E-state index is 10.9. The van der Waals surface area contributed by atoms with Gasteiger partial charge in [-0.2, -0.15) is 0 Å². The van der Waals surface area contributed by atoms with Crippen molar-refractivity contribution in [2.24, 2.45) is 5.92 Å². The third-order valence-electron chi connectivity index (χ3n) is 5.48. The Bertz CT molecular complexity index is 950. The first-order valence-corrected chi connectivity index (χ1v) is 10.1. The molecule has 0 aromatic carbocycles. The Morgan fingerprint density at radius 1 is 1.25 bits per heavy atom. The molecule has 4 rings (SSSR count). The summed E-state index contributed by atoms with van der Waals surface area (Å²) in [5.74, 6) is 1.63. The summed E-state index contributed by atoms with van der Waals surface area (Å²) in [7, 11) is 0. The zero-order valence-corrected chi connectivity index (χ0v) is 16.5. The number of hydrogen-bond acceptors (Lipinski definition) is 4. The van der Waals surface area contributed by atoms with Gasteiger partial charge in [-0.25, -0.2) is 4.98 Å². The van der Waals surface area contributed by atoms with E-state index in [-0.39, 0.29) is 6.04 Å². The normalized spacial score (nSPS) is 19.8. The Morgan fingerprint density at radius 2 is 2.14 bits per heavy atom. The van der Waals surface area contributed by atoms with Gasteiger partial charge in [-0.15, -0.1) is 0 Å². The van der Waals surface area contributed by atoms with Crippen LogP contribution in [0.1, 0.15) is 51.4 Å². The minimum absolute atomic E-state index is 0.234. The molecule has 3 aromatic heterocycles. The van der Waals surface area contributed by atoms with Gasteiger partial charge < -0.3 is 9.88 Å². The van der Waals surface area contributed by atoms with Crippen LogP contribution in [0.2, 0.25) is 0 Å². The van der Waals surface area contributed by atoms with Crippen LogP contribution < -0.4 is 5.32 Å². The summed E-state index contributed by atoms with van der Waals surface area (Å²) in [5, 5.41) is 2.99. The van der Waals surface area contributed by atoms with E-state index >= 15 is 0 Å². The van der Waals surface area contributed by atoms with E-state index in [9.17, 15) is 4.79 Å². The molecule has 1 fully saturated rings. The van der Waals surface area contributed by atoms with E-state index in [0.29, 0.717) is 12.0 Å². The van der Waals surface area contributed by atoms with Crippen LogP contribution in [0, 0.1) is 5.92 Å². The van der Waals surface area contributed by atoms with E-state index in [2.05, 4.69) is 39.8 Å². The summed E-state index contributed by atoms with van der Waals surface area (Å²) in [4.78, 5) is 24.9. The fraction of sp³-hybridized carbons (Fsp3) is 0.455. The first kappa shape index (κ1) is 18.6. The molecule has 3 aromatic rings. The van der Waals surface area contributed by atoms with Gasteiger partial charge in [0.15, 0.2) is 0 Å². The molecule has 6 heteroatoms. The third-order valence-corrected chi connectivity index (χ3v) is 5.48. The molecular weight excluding hydrogens is 350 g/mol. The molecule has 28 heavy (non-hydrogen) atoms. The lowest BCUT2D eigenvalue weighted by Crippen LogP contribution is -2.34. The van der Waals surface area contributed by atoms with Crippen LogP contribution in [0.4, 0.5) is 0 Å². The van der Waals surface area contributed by atoms with E-state index in [4.69, 9.17) is 4.98 Å². The summed E-state index contributed by atoms with van der Waals surface area (Å²) in [5.41, 5.74) is 3.78. The zero-order chi connectivity index (χ0) is 19.5. The van der Waals surface area contributed by atoms with Gasteiger partial charge in [0.25, 0.3) is 0 Å². The molecule has 146 valence electrons. The van der Waals surface area contributed by atoms with Crippen LogP contribution in [0.15, 0.2) is 36.7 Å². The van der Waals surface area contributed by atoms with Crippen molar-refractivity contribution >= 4 is 17.4 Å². The number of carbonyl (C=O) groups excluding carboxylic acids is 1. The first-order valence-electron chi connectivity index (χ1n) is 10.1. The molecule has 3 heterocycles. The molecule has 0 saturated heterocycles. The number of nitrogens with one attached hydrogen (secondary N) is 1. The van der Waals surface area contributed by atoms with E-state index in [1.54, 1.807) is 6.20 Å². The number of aromatic nitrogens is 4. The Morgan fingerprint density at radius 3 is 2.89 bits per heavy atom. The van der Waals surface area contributed by atoms with Gasteiger partial charge in [0.2, 0.25) is 6.41 Å². The standard InChI is InChI=1S/C22H27N5O/c1-15(2)10-22-26-20-13-24-19(18-8-3-4-9-23-18)12-21(20)27(22)17-7-5-6-16(11-17)25-14-28/h3-4,8-9,12-17H,5-7,10-11H2,1-2H3,(H,25,28). The van der Waals surface area contributed by atoms with Crippen molar-refractivity contribution in [1.29, 1.82) is 0 Å². The molecule has 1 N–H and O–H groups in total. The van der Waals surface area contributed by atoms with Gasteiger partial charge in [0.1, 0.15) is 11.3 Å². The summed E-state index contributed by atoms with van der Waals surface area (Å²) in [6.45, 7) is 4.44. The Balaban J connectivity index is 1.79. The van der Waals surface area contributed by atoms with Gasteiger partial charge >= 0.3 is 0 Å². The van der Waals surface area contributed by atoms with E-state index in [1.165, 1.54) is 0 Å². The lowest BCUT2D eigenvalue weighted by molar-refractivity contribution is -0.110. The molecule has 6 nitrogen and oxygen atoms in total. The second kappa shape index (κ2) is 8.09. The molecule has 0 aliphatic heterocycles. The highest BCUT2D eigenvalue weighted by Gasteiger charge is 2.27. The zero-order valence-electron chi connectivity index (χ0n) is 16.5. The van der Waals surface area contributed by atoms with Crippen molar-refractivity contribution in [1.82, 2.24) is 24.8 Å². The van der Waals surface area contributed by atoms with Crippen LogP contribution in [0.3, 0.4) is 0 Å². The smallest absolute Gasteiger partial charge is 0.207 e. The molecule has 1 aliphatic rings. The second-order valence-corrected chi connectivity index (χ2v) is 8.07. The fourth-order valence-electron chi connectivity index (χ4n) is 4.27. The lowest BCUT2D eigenvalue weighted by atomic mass is 9.90. The quantitative estimate of drug-likeness (QED) is 0.661. The number of nitrogens with zero attached hydrogens (tertiary/aromatic N) is 4. The van der Waals surface area contributed by atoms with Crippen LogP contribution in [0.25, 0.3) is 22.4 Å². The van der Waals surface area contributed by atoms with Gasteiger partial charge in [0.05, 0.1) is 23.1 Å². The molecule has 0 bridgehead atoms. The van der Waals surface area contributed by atoms with E-state index in [1.807, 2.05) is 24.4 Å². The van der Waals surface area contributed by atoms with Crippen molar-refractivity contribution in [3.63, 3.8) is 0 Å². The molecule has 1 aliphatic carbocycles. The van der Waals surface area contributed by atoms with Gasteiger partial charge in [-0.05, 0) is 49.8 Å². The predicted octanol–water partition coefficient (Wildman–Crippen LogP) is 3.92. The Labute approximate surface area is 165 Å². The largest absolute Gasteiger partial charge is 0.356 e. The SMILES string of the molecule is CC(C)Cc1nc2cnc(-c3ccccn3)cc2n1C1CCCC(NC=O)C1. The highest BCUT2D eigenvalue weighted by molar-refractivity contribution is 5.79. The number of imidazole rings is 1. The summed E-state index contributed by atoms with van der Waals surface area (Å²) < 4.78 is 2.40. The number of rotatable bonds is 6. The number of hydrogen-bond donors (Lipinski definition) is 1. The number of pyridine rings is 2. The average Bonchev–Trinajstić information content (AvgIpc) is 3.05. The minimum Gasteiger partial charge on any atom is -0.356 e. The van der Waals surface area contributed by atoms with Crippen LogP contribution in [-0.4, -0.2) is 32.0 Å². The predicted molar refractivity (Wildman–Crippen MR) is 110 cm³/mol. The molecule has 0 radical (unpaired) electrons. The summed E-state index contributed by atoms with van der Waals surface area (Å²) in [6, 6.07) is 8.56. The lowest BCUT2D eigenvalue weighted by Gasteiger charge is -2.31. The molecule has 2 atom stereocenters. The van der Waals surface area contributed by atoms with Crippen LogP contribution >= 0.6 is 0 Å². The average molecular weight is 377 g/mol. The number of fused-ring (bicyclic) bond motifs is 1. The van der Waals surface area contributed by atoms with Crippen molar-refractivity contribution in [3.05, 3.63) is 42.5 Å². The highest BCUT2D eigenvalue weighted by Crippen LogP contribution is 2.34. The fourth-order valence-corrected chi connectivity index (χ4v) is 4.27. The van der Waals surface area contributed by atoms with Gasteiger partial charge in [-0.3, -0.25) is 14.8 Å². The van der Waals surface area contributed by atoms with Crippen LogP contribution in [0.5, 0.6) is 0 Å². The molecule has 1 saturated carbocycles. The maximum absolute atomic E-state index is 10.9. The van der Waals surface area contributed by atoms with Gasteiger partial charge in [0, 0.05) is 24.7 Å². The number of carbonyl (C=O) groups is 1. The monoisotopic (exact) mass is 377 g/mol. The summed E-state index contributed by atoms with van der Waals surface area (Å²) >= 11 is 0. The topological polar surface area (TPSA) is 72.7 Å². The molecular formula is C22H27N5O. The highest BCUT2D eigenvalue weighted by atomic mass is 16.1. The second-order valence-electron chi connectivity index (χ2n) is 8.07. The van der Waals surface area contributed by atoms with Crippen molar-refractivity contribution in [2.75, 3.05) is 0 Å². The van der Waals surface area contributed by atoms with Gasteiger partial charge in [-0.1, -0.05) is 19.9 Å². The van der Waals surface area contributed by atoms with Crippen molar-refractivity contribution in [2.45, 2.75) is 58.0 Å². The number of amides is 1. The minimum atomic E-state index is 0.234. The molecule has 1 amide bonds. The van der Waals surface area contributed by atoms with Crippen molar-refractivity contribution in [3.8, 4) is 11.4 Å².